The fourth-order valence-corrected chi connectivity index (χ4v) is 3.44. The van der Waals surface area contributed by atoms with Crippen LogP contribution in [0.3, 0.4) is 0 Å². The van der Waals surface area contributed by atoms with Crippen LogP contribution in [0.4, 0.5) is 5.69 Å². The van der Waals surface area contributed by atoms with E-state index in [2.05, 4.69) is 18.3 Å². The van der Waals surface area contributed by atoms with Gasteiger partial charge in [0.15, 0.2) is 0 Å². The monoisotopic (exact) mass is 272 g/mol. The molecule has 0 radical (unpaired) electrons. The third-order valence-corrected chi connectivity index (χ3v) is 4.92. The van der Waals surface area contributed by atoms with Crippen molar-refractivity contribution in [2.75, 3.05) is 18.9 Å². The summed E-state index contributed by atoms with van der Waals surface area (Å²) >= 11 is 0. The third kappa shape index (κ3) is 2.54. The Kier molecular flexibility index (Phi) is 3.68. The van der Waals surface area contributed by atoms with Gasteiger partial charge in [-0.1, -0.05) is 6.92 Å². The quantitative estimate of drug-likeness (QED) is 0.896. The largest absolute Gasteiger partial charge is 0.384 e. The summed E-state index contributed by atoms with van der Waals surface area (Å²) in [5.41, 5.74) is 3.31. The van der Waals surface area contributed by atoms with Gasteiger partial charge < -0.3 is 10.2 Å². The zero-order chi connectivity index (χ0) is 14.1. The molecular formula is C17H24N2O. The number of carbonyl (C=O) groups is 1. The first-order valence-corrected chi connectivity index (χ1v) is 7.79. The number of carbonyl (C=O) groups excluding carboxylic acids is 1. The van der Waals surface area contributed by atoms with Crippen LogP contribution in [0.15, 0.2) is 18.2 Å². The van der Waals surface area contributed by atoms with Crippen molar-refractivity contribution >= 4 is 11.6 Å². The van der Waals surface area contributed by atoms with Gasteiger partial charge in [-0.05, 0) is 61.8 Å². The van der Waals surface area contributed by atoms with Crippen molar-refractivity contribution in [3.63, 3.8) is 0 Å². The molecule has 1 aliphatic heterocycles. The molecule has 1 aliphatic carbocycles. The Labute approximate surface area is 121 Å². The van der Waals surface area contributed by atoms with Crippen LogP contribution in [0.25, 0.3) is 0 Å². The molecule has 1 fully saturated rings. The van der Waals surface area contributed by atoms with Gasteiger partial charge >= 0.3 is 0 Å². The average molecular weight is 272 g/mol. The number of hydrogen-bond donors (Lipinski definition) is 1. The Balaban J connectivity index is 1.72. The summed E-state index contributed by atoms with van der Waals surface area (Å²) in [7, 11) is 1.97. The van der Waals surface area contributed by atoms with Crippen molar-refractivity contribution in [1.29, 1.82) is 0 Å². The van der Waals surface area contributed by atoms with Crippen LogP contribution in [-0.4, -0.2) is 30.4 Å². The molecule has 1 heterocycles. The number of hydrogen-bond acceptors (Lipinski definition) is 2. The van der Waals surface area contributed by atoms with Gasteiger partial charge in [-0.25, -0.2) is 0 Å². The Hall–Kier alpha value is -1.51. The predicted octanol–water partition coefficient (Wildman–Crippen LogP) is 3.31. The second-order valence-electron chi connectivity index (χ2n) is 6.38. The van der Waals surface area contributed by atoms with Crippen LogP contribution in [0, 0.1) is 5.92 Å². The summed E-state index contributed by atoms with van der Waals surface area (Å²) in [5, 5.41) is 3.34. The molecule has 1 amide bonds. The molecule has 0 spiro atoms. The van der Waals surface area contributed by atoms with Crippen molar-refractivity contribution in [1.82, 2.24) is 4.90 Å². The molecule has 1 aromatic rings. The summed E-state index contributed by atoms with van der Waals surface area (Å²) in [5.74, 6) is 1.00. The second-order valence-corrected chi connectivity index (χ2v) is 6.38. The maximum atomic E-state index is 12.6. The van der Waals surface area contributed by atoms with E-state index < -0.39 is 0 Å². The first-order valence-electron chi connectivity index (χ1n) is 7.79. The summed E-state index contributed by atoms with van der Waals surface area (Å²) in [6.45, 7) is 3.30. The molecule has 2 aliphatic rings. The molecule has 1 N–H and O–H groups in total. The second kappa shape index (κ2) is 5.47. The van der Waals surface area contributed by atoms with E-state index in [0.29, 0.717) is 6.04 Å². The van der Waals surface area contributed by atoms with Gasteiger partial charge in [0, 0.05) is 30.9 Å². The number of benzene rings is 1. The number of fused-ring (bicyclic) bond motifs is 1. The SMILES string of the molecule is CC1CCC(N(C)C(=O)c2ccc3c(c2)CCN3)CC1. The normalized spacial score (nSPS) is 24.9. The molecule has 0 bridgehead atoms. The molecule has 3 nitrogen and oxygen atoms in total. The fourth-order valence-electron chi connectivity index (χ4n) is 3.44. The lowest BCUT2D eigenvalue weighted by Gasteiger charge is -2.33. The van der Waals surface area contributed by atoms with E-state index >= 15 is 0 Å². The number of nitrogens with zero attached hydrogens (tertiary/aromatic N) is 1. The zero-order valence-corrected chi connectivity index (χ0v) is 12.5. The molecule has 3 heteroatoms. The van der Waals surface area contributed by atoms with Crippen LogP contribution in [-0.2, 0) is 6.42 Å². The van der Waals surface area contributed by atoms with Gasteiger partial charge in [0.05, 0.1) is 0 Å². The molecule has 0 saturated heterocycles. The van der Waals surface area contributed by atoms with Crippen LogP contribution < -0.4 is 5.32 Å². The summed E-state index contributed by atoms with van der Waals surface area (Å²) in [6.07, 6.45) is 5.82. The number of anilines is 1. The van der Waals surface area contributed by atoms with Crippen molar-refractivity contribution in [3.05, 3.63) is 29.3 Å². The third-order valence-electron chi connectivity index (χ3n) is 4.92. The van der Waals surface area contributed by atoms with Crippen molar-refractivity contribution < 1.29 is 4.79 Å². The minimum Gasteiger partial charge on any atom is -0.384 e. The highest BCUT2D eigenvalue weighted by atomic mass is 16.2. The fraction of sp³-hybridized carbons (Fsp3) is 0.588. The van der Waals surface area contributed by atoms with Gasteiger partial charge in [-0.2, -0.15) is 0 Å². The molecular weight excluding hydrogens is 248 g/mol. The smallest absolute Gasteiger partial charge is 0.253 e. The summed E-state index contributed by atoms with van der Waals surface area (Å²) in [6, 6.07) is 6.50. The molecule has 20 heavy (non-hydrogen) atoms. The Morgan fingerprint density at radius 2 is 2.00 bits per heavy atom. The van der Waals surface area contributed by atoms with E-state index in [-0.39, 0.29) is 5.91 Å². The number of nitrogens with one attached hydrogen (secondary N) is 1. The summed E-state index contributed by atoms with van der Waals surface area (Å²) < 4.78 is 0. The maximum absolute atomic E-state index is 12.6. The Bertz CT molecular complexity index is 504. The topological polar surface area (TPSA) is 32.3 Å². The van der Waals surface area contributed by atoms with Crippen molar-refractivity contribution in [2.24, 2.45) is 5.92 Å². The molecule has 0 unspecified atom stereocenters. The zero-order valence-electron chi connectivity index (χ0n) is 12.5. The molecule has 108 valence electrons. The highest BCUT2D eigenvalue weighted by Gasteiger charge is 2.26. The number of amides is 1. The van der Waals surface area contributed by atoms with Gasteiger partial charge in [-0.3, -0.25) is 4.79 Å². The highest BCUT2D eigenvalue weighted by molar-refractivity contribution is 5.95. The maximum Gasteiger partial charge on any atom is 0.253 e. The predicted molar refractivity (Wildman–Crippen MR) is 82.1 cm³/mol. The molecule has 1 aromatic carbocycles. The van der Waals surface area contributed by atoms with Crippen molar-refractivity contribution in [2.45, 2.75) is 45.1 Å². The molecule has 0 atom stereocenters. The van der Waals surface area contributed by atoms with Gasteiger partial charge in [0.2, 0.25) is 0 Å². The van der Waals surface area contributed by atoms with E-state index in [9.17, 15) is 4.79 Å². The van der Waals surface area contributed by atoms with Crippen LogP contribution >= 0.6 is 0 Å². The average Bonchev–Trinajstić information content (AvgIpc) is 2.94. The van der Waals surface area contributed by atoms with E-state index in [0.717, 1.165) is 37.3 Å². The number of rotatable bonds is 2. The minimum atomic E-state index is 0.180. The van der Waals surface area contributed by atoms with Crippen LogP contribution in [0.5, 0.6) is 0 Å². The van der Waals surface area contributed by atoms with Crippen LogP contribution in [0.1, 0.15) is 48.5 Å². The van der Waals surface area contributed by atoms with E-state index in [1.54, 1.807) is 0 Å². The first-order chi connectivity index (χ1) is 9.65. The van der Waals surface area contributed by atoms with Gasteiger partial charge in [0.25, 0.3) is 5.91 Å². The lowest BCUT2D eigenvalue weighted by Crippen LogP contribution is -2.39. The van der Waals surface area contributed by atoms with Gasteiger partial charge in [0.1, 0.15) is 0 Å². The molecule has 0 aromatic heterocycles. The van der Waals surface area contributed by atoms with Crippen molar-refractivity contribution in [3.8, 4) is 0 Å². The highest BCUT2D eigenvalue weighted by Crippen LogP contribution is 2.28. The lowest BCUT2D eigenvalue weighted by atomic mass is 9.86. The van der Waals surface area contributed by atoms with E-state index in [1.165, 1.54) is 24.1 Å². The van der Waals surface area contributed by atoms with E-state index in [1.807, 2.05) is 24.1 Å². The standard InChI is InChI=1S/C17H24N2O/c1-12-3-6-15(7-4-12)19(2)17(20)14-5-8-16-13(11-14)9-10-18-16/h5,8,11-12,15,18H,3-4,6-7,9-10H2,1-2H3. The van der Waals surface area contributed by atoms with Gasteiger partial charge in [-0.15, -0.1) is 0 Å². The molecule has 1 saturated carbocycles. The lowest BCUT2D eigenvalue weighted by molar-refractivity contribution is 0.0679. The Morgan fingerprint density at radius 1 is 1.25 bits per heavy atom. The summed E-state index contributed by atoms with van der Waals surface area (Å²) in [4.78, 5) is 14.6. The molecule has 3 rings (SSSR count). The first kappa shape index (κ1) is 13.5. The van der Waals surface area contributed by atoms with Crippen LogP contribution in [0.2, 0.25) is 0 Å². The minimum absolute atomic E-state index is 0.180. The van der Waals surface area contributed by atoms with E-state index in [4.69, 9.17) is 0 Å². The Morgan fingerprint density at radius 3 is 2.75 bits per heavy atom.